The van der Waals surface area contributed by atoms with Crippen molar-refractivity contribution in [2.24, 2.45) is 10.7 Å². The van der Waals surface area contributed by atoms with Crippen molar-refractivity contribution in [3.05, 3.63) is 11.7 Å². The SMILES string of the molecule is CC(C)c1noc(CCN=C(N)N2CCCCC2)n1. The number of nitrogens with two attached hydrogens (primary N) is 1. The highest BCUT2D eigenvalue weighted by molar-refractivity contribution is 5.78. The van der Waals surface area contributed by atoms with Gasteiger partial charge in [-0.05, 0) is 19.3 Å². The summed E-state index contributed by atoms with van der Waals surface area (Å²) in [6.07, 6.45) is 4.35. The maximum atomic E-state index is 5.98. The zero-order valence-corrected chi connectivity index (χ0v) is 11.8. The van der Waals surface area contributed by atoms with E-state index in [1.54, 1.807) is 0 Å². The van der Waals surface area contributed by atoms with Crippen LogP contribution in [0.15, 0.2) is 9.52 Å². The molecule has 0 radical (unpaired) electrons. The summed E-state index contributed by atoms with van der Waals surface area (Å²) in [6.45, 7) is 6.73. The van der Waals surface area contributed by atoms with E-state index in [0.29, 0.717) is 30.7 Å². The molecule has 0 aliphatic carbocycles. The smallest absolute Gasteiger partial charge is 0.228 e. The van der Waals surface area contributed by atoms with Crippen LogP contribution in [-0.2, 0) is 6.42 Å². The number of aromatic nitrogens is 2. The quantitative estimate of drug-likeness (QED) is 0.659. The number of guanidine groups is 1. The molecule has 1 aromatic heterocycles. The Morgan fingerprint density at radius 3 is 2.74 bits per heavy atom. The van der Waals surface area contributed by atoms with Crippen molar-refractivity contribution in [1.82, 2.24) is 15.0 Å². The first-order valence-electron chi connectivity index (χ1n) is 7.04. The Morgan fingerprint density at radius 1 is 1.37 bits per heavy atom. The zero-order valence-electron chi connectivity index (χ0n) is 11.8. The highest BCUT2D eigenvalue weighted by atomic mass is 16.5. The van der Waals surface area contributed by atoms with Crippen molar-refractivity contribution in [2.75, 3.05) is 19.6 Å². The second kappa shape index (κ2) is 6.54. The molecule has 0 amide bonds. The summed E-state index contributed by atoms with van der Waals surface area (Å²) in [4.78, 5) is 10.9. The molecule has 1 aliphatic rings. The maximum Gasteiger partial charge on any atom is 0.228 e. The summed E-state index contributed by atoms with van der Waals surface area (Å²) in [6, 6.07) is 0. The fraction of sp³-hybridized carbons (Fsp3) is 0.769. The third kappa shape index (κ3) is 3.94. The Bertz CT molecular complexity index is 420. The Hall–Kier alpha value is -1.59. The van der Waals surface area contributed by atoms with Crippen LogP contribution in [0.1, 0.15) is 50.7 Å². The molecular weight excluding hydrogens is 242 g/mol. The molecule has 6 heteroatoms. The van der Waals surface area contributed by atoms with Crippen LogP contribution in [0.2, 0.25) is 0 Å². The first-order valence-corrected chi connectivity index (χ1v) is 7.04. The third-order valence-electron chi connectivity index (χ3n) is 3.28. The van der Waals surface area contributed by atoms with Crippen LogP contribution < -0.4 is 5.73 Å². The second-order valence-corrected chi connectivity index (χ2v) is 5.24. The van der Waals surface area contributed by atoms with E-state index in [4.69, 9.17) is 10.3 Å². The Kier molecular flexibility index (Phi) is 4.76. The molecule has 19 heavy (non-hydrogen) atoms. The molecule has 0 unspecified atom stereocenters. The van der Waals surface area contributed by atoms with Gasteiger partial charge in [0.05, 0.1) is 6.54 Å². The van der Waals surface area contributed by atoms with Crippen molar-refractivity contribution >= 4 is 5.96 Å². The molecule has 1 aliphatic heterocycles. The van der Waals surface area contributed by atoms with E-state index in [9.17, 15) is 0 Å². The van der Waals surface area contributed by atoms with E-state index >= 15 is 0 Å². The van der Waals surface area contributed by atoms with Crippen LogP contribution in [-0.4, -0.2) is 40.6 Å². The fourth-order valence-corrected chi connectivity index (χ4v) is 2.09. The number of hydrogen-bond acceptors (Lipinski definition) is 4. The van der Waals surface area contributed by atoms with Gasteiger partial charge in [-0.15, -0.1) is 0 Å². The van der Waals surface area contributed by atoms with Gasteiger partial charge in [0, 0.05) is 25.4 Å². The fourth-order valence-electron chi connectivity index (χ4n) is 2.09. The zero-order chi connectivity index (χ0) is 13.7. The van der Waals surface area contributed by atoms with Gasteiger partial charge in [0.1, 0.15) is 0 Å². The van der Waals surface area contributed by atoms with Crippen LogP contribution >= 0.6 is 0 Å². The lowest BCUT2D eigenvalue weighted by molar-refractivity contribution is 0.337. The lowest BCUT2D eigenvalue weighted by Crippen LogP contribution is -2.41. The lowest BCUT2D eigenvalue weighted by atomic mass is 10.1. The predicted molar refractivity (Wildman–Crippen MR) is 74.0 cm³/mol. The van der Waals surface area contributed by atoms with Gasteiger partial charge in [-0.1, -0.05) is 19.0 Å². The lowest BCUT2D eigenvalue weighted by Gasteiger charge is -2.27. The predicted octanol–water partition coefficient (Wildman–Crippen LogP) is 1.54. The average molecular weight is 265 g/mol. The van der Waals surface area contributed by atoms with Gasteiger partial charge in [0.2, 0.25) is 5.89 Å². The van der Waals surface area contributed by atoms with Crippen molar-refractivity contribution < 1.29 is 4.52 Å². The standard InChI is InChI=1S/C13H23N5O/c1-10(2)12-16-11(19-17-12)6-7-15-13(14)18-8-4-3-5-9-18/h10H,3-9H2,1-2H3,(H2,14,15). The van der Waals surface area contributed by atoms with Crippen LogP contribution in [0.25, 0.3) is 0 Å². The molecule has 1 aromatic rings. The largest absolute Gasteiger partial charge is 0.370 e. The number of aliphatic imine (C=N–C) groups is 1. The summed E-state index contributed by atoms with van der Waals surface area (Å²) in [5.74, 6) is 2.32. The van der Waals surface area contributed by atoms with E-state index in [1.807, 2.05) is 13.8 Å². The normalized spacial score (nSPS) is 17.2. The molecule has 0 spiro atoms. The molecular formula is C13H23N5O. The van der Waals surface area contributed by atoms with Crippen LogP contribution in [0.5, 0.6) is 0 Å². The molecule has 0 atom stereocenters. The number of rotatable bonds is 4. The van der Waals surface area contributed by atoms with E-state index < -0.39 is 0 Å². The molecule has 0 saturated carbocycles. The number of hydrogen-bond donors (Lipinski definition) is 1. The topological polar surface area (TPSA) is 80.5 Å². The summed E-state index contributed by atoms with van der Waals surface area (Å²) in [7, 11) is 0. The van der Waals surface area contributed by atoms with Gasteiger partial charge in [-0.25, -0.2) is 0 Å². The summed E-state index contributed by atoms with van der Waals surface area (Å²) >= 11 is 0. The number of piperidine rings is 1. The van der Waals surface area contributed by atoms with E-state index in [0.717, 1.165) is 18.9 Å². The van der Waals surface area contributed by atoms with Crippen molar-refractivity contribution in [3.8, 4) is 0 Å². The van der Waals surface area contributed by atoms with Gasteiger partial charge >= 0.3 is 0 Å². The highest BCUT2D eigenvalue weighted by Crippen LogP contribution is 2.10. The minimum atomic E-state index is 0.291. The van der Waals surface area contributed by atoms with E-state index in [2.05, 4.69) is 20.0 Å². The van der Waals surface area contributed by atoms with Gasteiger partial charge in [-0.3, -0.25) is 4.99 Å². The van der Waals surface area contributed by atoms with E-state index in [-0.39, 0.29) is 0 Å². The number of nitrogens with zero attached hydrogens (tertiary/aromatic N) is 4. The van der Waals surface area contributed by atoms with Gasteiger partial charge in [0.15, 0.2) is 11.8 Å². The Morgan fingerprint density at radius 2 is 2.11 bits per heavy atom. The van der Waals surface area contributed by atoms with Crippen molar-refractivity contribution in [3.63, 3.8) is 0 Å². The molecule has 2 rings (SSSR count). The maximum absolute atomic E-state index is 5.98. The Balaban J connectivity index is 1.80. The van der Waals surface area contributed by atoms with Crippen LogP contribution in [0.3, 0.4) is 0 Å². The minimum Gasteiger partial charge on any atom is -0.370 e. The monoisotopic (exact) mass is 265 g/mol. The molecule has 0 aromatic carbocycles. The summed E-state index contributed by atoms with van der Waals surface area (Å²) in [5, 5.41) is 3.93. The molecule has 1 saturated heterocycles. The number of likely N-dealkylation sites (tertiary alicyclic amines) is 1. The van der Waals surface area contributed by atoms with Crippen molar-refractivity contribution in [2.45, 2.75) is 45.4 Å². The average Bonchev–Trinajstić information content (AvgIpc) is 2.89. The molecule has 106 valence electrons. The van der Waals surface area contributed by atoms with E-state index in [1.165, 1.54) is 19.3 Å². The molecule has 6 nitrogen and oxygen atoms in total. The molecule has 0 bridgehead atoms. The van der Waals surface area contributed by atoms with Gasteiger partial charge in [0.25, 0.3) is 0 Å². The second-order valence-electron chi connectivity index (χ2n) is 5.24. The highest BCUT2D eigenvalue weighted by Gasteiger charge is 2.12. The molecule has 2 N–H and O–H groups in total. The van der Waals surface area contributed by atoms with Gasteiger partial charge in [-0.2, -0.15) is 4.98 Å². The van der Waals surface area contributed by atoms with Crippen LogP contribution in [0, 0.1) is 0 Å². The third-order valence-corrected chi connectivity index (χ3v) is 3.28. The first-order chi connectivity index (χ1) is 9.16. The molecule has 1 fully saturated rings. The van der Waals surface area contributed by atoms with Gasteiger partial charge < -0.3 is 15.2 Å². The summed E-state index contributed by atoms with van der Waals surface area (Å²) < 4.78 is 5.17. The summed E-state index contributed by atoms with van der Waals surface area (Å²) in [5.41, 5.74) is 5.98. The van der Waals surface area contributed by atoms with Crippen LogP contribution in [0.4, 0.5) is 0 Å². The minimum absolute atomic E-state index is 0.291. The van der Waals surface area contributed by atoms with Crippen molar-refractivity contribution in [1.29, 1.82) is 0 Å². The Labute approximate surface area is 114 Å². The first kappa shape index (κ1) is 13.8. The molecule has 2 heterocycles.